The molecule has 18 heavy (non-hydrogen) atoms. The second-order valence-electron chi connectivity index (χ2n) is 4.69. The van der Waals surface area contributed by atoms with Crippen molar-refractivity contribution in [3.05, 3.63) is 33.9 Å². The van der Waals surface area contributed by atoms with E-state index in [0.29, 0.717) is 11.3 Å². The first-order valence-electron chi connectivity index (χ1n) is 5.50. The second kappa shape index (κ2) is 5.32. The van der Waals surface area contributed by atoms with E-state index in [4.69, 9.17) is 4.74 Å². The van der Waals surface area contributed by atoms with Crippen LogP contribution in [-0.4, -0.2) is 33.4 Å². The number of aliphatic hydroxyl groups excluding tert-OH is 1. The molecule has 6 heteroatoms. The zero-order chi connectivity index (χ0) is 13.9. The minimum atomic E-state index is -1.25. The van der Waals surface area contributed by atoms with Crippen molar-refractivity contribution in [2.24, 2.45) is 0 Å². The van der Waals surface area contributed by atoms with Gasteiger partial charge in [0.15, 0.2) is 0 Å². The molecule has 1 aromatic rings. The summed E-state index contributed by atoms with van der Waals surface area (Å²) < 4.78 is 5.28. The lowest BCUT2D eigenvalue weighted by molar-refractivity contribution is -0.385. The molecule has 0 spiro atoms. The summed E-state index contributed by atoms with van der Waals surface area (Å²) in [5.74, 6) is 0.418. The molecule has 100 valence electrons. The second-order valence-corrected chi connectivity index (χ2v) is 4.69. The van der Waals surface area contributed by atoms with Crippen LogP contribution in [0.2, 0.25) is 0 Å². The van der Waals surface area contributed by atoms with Crippen LogP contribution >= 0.6 is 0 Å². The third kappa shape index (κ3) is 3.68. The maximum Gasteiger partial charge on any atom is 0.272 e. The first-order valence-corrected chi connectivity index (χ1v) is 5.50. The van der Waals surface area contributed by atoms with E-state index < -0.39 is 16.6 Å². The molecular weight excluding hydrogens is 238 g/mol. The number of benzene rings is 1. The summed E-state index contributed by atoms with van der Waals surface area (Å²) in [5.41, 5.74) is -0.754. The molecule has 0 fully saturated rings. The molecule has 1 atom stereocenters. The van der Waals surface area contributed by atoms with Crippen LogP contribution in [-0.2, 0) is 0 Å². The minimum Gasteiger partial charge on any atom is -0.491 e. The highest BCUT2D eigenvalue weighted by molar-refractivity contribution is 5.44. The van der Waals surface area contributed by atoms with Gasteiger partial charge in [0.1, 0.15) is 18.5 Å². The van der Waals surface area contributed by atoms with E-state index >= 15 is 0 Å². The standard InChI is InChI=1S/C12H17NO5/c1-8-6-9(4-5-10(8)13(16)17)18-7-11(14)12(2,3)15/h4-6,11,14-15H,7H2,1-3H3/t11-/m0/s1. The van der Waals surface area contributed by atoms with Gasteiger partial charge in [0.25, 0.3) is 5.69 Å². The predicted molar refractivity (Wildman–Crippen MR) is 65.6 cm³/mol. The summed E-state index contributed by atoms with van der Waals surface area (Å²) in [6.07, 6.45) is -1.03. The quantitative estimate of drug-likeness (QED) is 0.613. The lowest BCUT2D eigenvalue weighted by Crippen LogP contribution is -2.40. The molecule has 0 aliphatic rings. The van der Waals surface area contributed by atoms with E-state index in [9.17, 15) is 20.3 Å². The average molecular weight is 255 g/mol. The van der Waals surface area contributed by atoms with Gasteiger partial charge in [-0.15, -0.1) is 0 Å². The van der Waals surface area contributed by atoms with Crippen LogP contribution in [0.1, 0.15) is 19.4 Å². The SMILES string of the molecule is Cc1cc(OC[C@H](O)C(C)(C)O)ccc1[N+](=O)[O-]. The number of nitro benzene ring substituents is 1. The van der Waals surface area contributed by atoms with Gasteiger partial charge in [-0.3, -0.25) is 10.1 Å². The Labute approximate surface area is 105 Å². The zero-order valence-corrected chi connectivity index (χ0v) is 10.6. The summed E-state index contributed by atoms with van der Waals surface area (Å²) in [5, 5.41) is 29.7. The normalized spacial score (nSPS) is 13.2. The van der Waals surface area contributed by atoms with Gasteiger partial charge in [-0.2, -0.15) is 0 Å². The maximum absolute atomic E-state index is 10.6. The summed E-state index contributed by atoms with van der Waals surface area (Å²) >= 11 is 0. The third-order valence-corrected chi connectivity index (χ3v) is 2.59. The first kappa shape index (κ1) is 14.4. The Balaban J connectivity index is 2.70. The van der Waals surface area contributed by atoms with Crippen LogP contribution in [0.25, 0.3) is 0 Å². The summed E-state index contributed by atoms with van der Waals surface area (Å²) in [4.78, 5) is 10.2. The highest BCUT2D eigenvalue weighted by Crippen LogP contribution is 2.23. The molecule has 0 saturated heterocycles. The highest BCUT2D eigenvalue weighted by Gasteiger charge is 2.25. The maximum atomic E-state index is 10.6. The van der Waals surface area contributed by atoms with Crippen molar-refractivity contribution in [2.45, 2.75) is 32.5 Å². The fraction of sp³-hybridized carbons (Fsp3) is 0.500. The van der Waals surface area contributed by atoms with Crippen molar-refractivity contribution in [1.29, 1.82) is 0 Å². The Morgan fingerprint density at radius 1 is 1.50 bits per heavy atom. The molecule has 0 aliphatic carbocycles. The summed E-state index contributed by atoms with van der Waals surface area (Å²) in [7, 11) is 0. The molecule has 0 radical (unpaired) electrons. The fourth-order valence-corrected chi connectivity index (χ4v) is 1.30. The molecule has 0 bridgehead atoms. The van der Waals surface area contributed by atoms with Crippen LogP contribution in [0.4, 0.5) is 5.69 Å². The van der Waals surface area contributed by atoms with Crippen molar-refractivity contribution >= 4 is 5.69 Å². The molecule has 0 unspecified atom stereocenters. The number of nitro groups is 1. The summed E-state index contributed by atoms with van der Waals surface area (Å²) in [6, 6.07) is 4.33. The van der Waals surface area contributed by atoms with Gasteiger partial charge < -0.3 is 14.9 Å². The van der Waals surface area contributed by atoms with E-state index in [-0.39, 0.29) is 12.3 Å². The molecule has 1 aromatic carbocycles. The van der Waals surface area contributed by atoms with Crippen molar-refractivity contribution in [3.8, 4) is 5.75 Å². The Morgan fingerprint density at radius 3 is 2.56 bits per heavy atom. The van der Waals surface area contributed by atoms with Gasteiger partial charge >= 0.3 is 0 Å². The lowest BCUT2D eigenvalue weighted by atomic mass is 10.0. The Bertz CT molecular complexity index is 439. The topological polar surface area (TPSA) is 92.8 Å². The van der Waals surface area contributed by atoms with E-state index in [0.717, 1.165) is 0 Å². The van der Waals surface area contributed by atoms with Crippen molar-refractivity contribution < 1.29 is 19.9 Å². The number of nitrogens with zero attached hydrogens (tertiary/aromatic N) is 1. The lowest BCUT2D eigenvalue weighted by Gasteiger charge is -2.24. The van der Waals surface area contributed by atoms with Crippen molar-refractivity contribution in [1.82, 2.24) is 0 Å². The molecule has 0 amide bonds. The van der Waals surface area contributed by atoms with Gasteiger partial charge in [0, 0.05) is 11.6 Å². The van der Waals surface area contributed by atoms with Crippen molar-refractivity contribution in [2.75, 3.05) is 6.61 Å². The van der Waals surface area contributed by atoms with Gasteiger partial charge in [-0.05, 0) is 32.9 Å². The number of rotatable bonds is 5. The van der Waals surface area contributed by atoms with Crippen LogP contribution < -0.4 is 4.74 Å². The van der Waals surface area contributed by atoms with Crippen LogP contribution in [0.15, 0.2) is 18.2 Å². The smallest absolute Gasteiger partial charge is 0.272 e. The average Bonchev–Trinajstić information content (AvgIpc) is 2.24. The predicted octanol–water partition coefficient (Wildman–Crippen LogP) is 1.41. The van der Waals surface area contributed by atoms with Gasteiger partial charge in [0.05, 0.1) is 10.5 Å². The zero-order valence-electron chi connectivity index (χ0n) is 10.6. The Kier molecular flexibility index (Phi) is 4.26. The summed E-state index contributed by atoms with van der Waals surface area (Å²) in [6.45, 7) is 4.47. The van der Waals surface area contributed by atoms with Crippen molar-refractivity contribution in [3.63, 3.8) is 0 Å². The molecule has 0 heterocycles. The monoisotopic (exact) mass is 255 g/mol. The first-order chi connectivity index (χ1) is 8.21. The minimum absolute atomic E-state index is 0.0189. The molecular formula is C12H17NO5. The molecule has 0 aromatic heterocycles. The molecule has 1 rings (SSSR count). The highest BCUT2D eigenvalue weighted by atomic mass is 16.6. The van der Waals surface area contributed by atoms with E-state index in [1.54, 1.807) is 6.92 Å². The van der Waals surface area contributed by atoms with Gasteiger partial charge in [-0.25, -0.2) is 0 Å². The van der Waals surface area contributed by atoms with Gasteiger partial charge in [-0.1, -0.05) is 0 Å². The van der Waals surface area contributed by atoms with E-state index in [1.807, 2.05) is 0 Å². The molecule has 0 saturated carbocycles. The third-order valence-electron chi connectivity index (χ3n) is 2.59. The Hall–Kier alpha value is -1.66. The number of aryl methyl sites for hydroxylation is 1. The number of hydrogen-bond acceptors (Lipinski definition) is 5. The van der Waals surface area contributed by atoms with E-state index in [1.165, 1.54) is 32.0 Å². The van der Waals surface area contributed by atoms with E-state index in [2.05, 4.69) is 0 Å². The Morgan fingerprint density at radius 2 is 2.11 bits per heavy atom. The molecule has 2 N–H and O–H groups in total. The molecule has 6 nitrogen and oxygen atoms in total. The van der Waals surface area contributed by atoms with Crippen LogP contribution in [0, 0.1) is 17.0 Å². The largest absolute Gasteiger partial charge is 0.491 e. The van der Waals surface area contributed by atoms with Gasteiger partial charge in [0.2, 0.25) is 0 Å². The van der Waals surface area contributed by atoms with Crippen LogP contribution in [0.5, 0.6) is 5.75 Å². The number of aliphatic hydroxyl groups is 2. The molecule has 0 aliphatic heterocycles. The number of hydrogen-bond donors (Lipinski definition) is 2. The van der Waals surface area contributed by atoms with Crippen LogP contribution in [0.3, 0.4) is 0 Å². The fourth-order valence-electron chi connectivity index (χ4n) is 1.30. The number of ether oxygens (including phenoxy) is 1.